The van der Waals surface area contributed by atoms with Gasteiger partial charge < -0.3 is 19.5 Å². The van der Waals surface area contributed by atoms with Crippen molar-refractivity contribution in [3.8, 4) is 11.5 Å². The third-order valence-electron chi connectivity index (χ3n) is 4.72. The zero-order valence-electron chi connectivity index (χ0n) is 16.1. The number of aryl methyl sites for hydroxylation is 1. The highest BCUT2D eigenvalue weighted by atomic mass is 16.4. The molecule has 4 rings (SSSR count). The maximum absolute atomic E-state index is 13.3. The van der Waals surface area contributed by atoms with Gasteiger partial charge in [0.2, 0.25) is 11.8 Å². The normalized spacial score (nSPS) is 14.0. The first kappa shape index (κ1) is 18.0. The molecule has 2 aromatic heterocycles. The van der Waals surface area contributed by atoms with E-state index in [9.17, 15) is 4.79 Å². The summed E-state index contributed by atoms with van der Waals surface area (Å²) in [6.45, 7) is 5.81. The molecule has 0 spiro atoms. The maximum atomic E-state index is 13.3. The van der Waals surface area contributed by atoms with Crippen LogP contribution < -0.4 is 15.1 Å². The Morgan fingerprint density at radius 1 is 1.21 bits per heavy atom. The summed E-state index contributed by atoms with van der Waals surface area (Å²) in [5, 5.41) is 11.1. The molecule has 0 bridgehead atoms. The number of pyridine rings is 1. The molecule has 3 aromatic rings. The molecular formula is C20H22N6O2. The second-order valence-corrected chi connectivity index (χ2v) is 6.67. The number of fused-ring (bicyclic) bond motifs is 1. The lowest BCUT2D eigenvalue weighted by atomic mass is 10.1. The largest absolute Gasteiger partial charge is 0.421 e. The fourth-order valence-electron chi connectivity index (χ4n) is 3.29. The van der Waals surface area contributed by atoms with Crippen LogP contribution in [0, 0.1) is 6.92 Å². The highest BCUT2D eigenvalue weighted by Gasteiger charge is 2.27. The number of benzene rings is 1. The van der Waals surface area contributed by atoms with Gasteiger partial charge in [0.05, 0.1) is 11.3 Å². The van der Waals surface area contributed by atoms with Gasteiger partial charge in [0.25, 0.3) is 5.91 Å². The average molecular weight is 378 g/mol. The standard InChI is InChI=1S/C20H22N6O2/c1-4-21-18-11-17-16(12-22-18)20(27)26(9-8-25(17)3)15-7-5-6-14(10-15)19-24-23-13(2)28-19/h5-7,10-12H,4,8-9H2,1-3H3,(H,21,22). The van der Waals surface area contributed by atoms with Gasteiger partial charge in [-0.3, -0.25) is 4.79 Å². The SMILES string of the molecule is CCNc1cc2c(cn1)C(=O)N(c1cccc(-c3nnc(C)o3)c1)CCN2C. The number of amides is 1. The second-order valence-electron chi connectivity index (χ2n) is 6.67. The van der Waals surface area contributed by atoms with Gasteiger partial charge in [0.1, 0.15) is 5.82 Å². The number of nitrogens with one attached hydrogen (secondary N) is 1. The van der Waals surface area contributed by atoms with Crippen LogP contribution in [0.1, 0.15) is 23.2 Å². The highest BCUT2D eigenvalue weighted by Crippen LogP contribution is 2.30. The molecular weight excluding hydrogens is 356 g/mol. The van der Waals surface area contributed by atoms with Gasteiger partial charge in [-0.15, -0.1) is 10.2 Å². The number of carbonyl (C=O) groups excluding carboxylic acids is 1. The summed E-state index contributed by atoms with van der Waals surface area (Å²) in [4.78, 5) is 21.5. The number of aromatic nitrogens is 3. The van der Waals surface area contributed by atoms with Crippen molar-refractivity contribution >= 4 is 23.1 Å². The van der Waals surface area contributed by atoms with Crippen LogP contribution in [0.3, 0.4) is 0 Å². The number of nitrogens with zero attached hydrogens (tertiary/aromatic N) is 5. The molecule has 8 nitrogen and oxygen atoms in total. The highest BCUT2D eigenvalue weighted by molar-refractivity contribution is 6.10. The van der Waals surface area contributed by atoms with E-state index in [4.69, 9.17) is 4.42 Å². The van der Waals surface area contributed by atoms with E-state index in [1.807, 2.05) is 44.3 Å². The molecule has 0 atom stereocenters. The molecule has 0 radical (unpaired) electrons. The Hall–Kier alpha value is -3.42. The number of anilines is 3. The molecule has 3 heterocycles. The second kappa shape index (κ2) is 7.30. The lowest BCUT2D eigenvalue weighted by molar-refractivity contribution is 0.0990. The predicted octanol–water partition coefficient (Wildman–Crippen LogP) is 2.97. The van der Waals surface area contributed by atoms with E-state index >= 15 is 0 Å². The van der Waals surface area contributed by atoms with Gasteiger partial charge in [-0.1, -0.05) is 6.07 Å². The van der Waals surface area contributed by atoms with E-state index in [1.165, 1.54) is 0 Å². The van der Waals surface area contributed by atoms with Crippen LogP contribution in [0.5, 0.6) is 0 Å². The van der Waals surface area contributed by atoms with Crippen molar-refractivity contribution in [1.82, 2.24) is 15.2 Å². The molecule has 144 valence electrons. The van der Waals surface area contributed by atoms with E-state index in [0.717, 1.165) is 29.3 Å². The summed E-state index contributed by atoms with van der Waals surface area (Å²) < 4.78 is 5.52. The van der Waals surface area contributed by atoms with E-state index in [-0.39, 0.29) is 5.91 Å². The molecule has 1 aliphatic heterocycles. The Kier molecular flexibility index (Phi) is 4.68. The predicted molar refractivity (Wildman–Crippen MR) is 108 cm³/mol. The fraction of sp³-hybridized carbons (Fsp3) is 0.300. The minimum Gasteiger partial charge on any atom is -0.421 e. The molecule has 1 N–H and O–H groups in total. The molecule has 0 saturated carbocycles. The number of hydrogen-bond donors (Lipinski definition) is 1. The van der Waals surface area contributed by atoms with Gasteiger partial charge in [-0.05, 0) is 25.1 Å². The average Bonchev–Trinajstić information content (AvgIpc) is 3.10. The van der Waals surface area contributed by atoms with Crippen molar-refractivity contribution in [3.63, 3.8) is 0 Å². The number of likely N-dealkylation sites (N-methyl/N-ethyl adjacent to an activating group) is 1. The monoisotopic (exact) mass is 378 g/mol. The summed E-state index contributed by atoms with van der Waals surface area (Å²) >= 11 is 0. The zero-order chi connectivity index (χ0) is 19.7. The first-order valence-electron chi connectivity index (χ1n) is 9.24. The third kappa shape index (κ3) is 3.28. The zero-order valence-corrected chi connectivity index (χ0v) is 16.1. The number of carbonyl (C=O) groups is 1. The van der Waals surface area contributed by atoms with E-state index < -0.39 is 0 Å². The topological polar surface area (TPSA) is 87.4 Å². The Morgan fingerprint density at radius 2 is 2.07 bits per heavy atom. The summed E-state index contributed by atoms with van der Waals surface area (Å²) in [6, 6.07) is 9.52. The summed E-state index contributed by atoms with van der Waals surface area (Å²) in [7, 11) is 1.99. The van der Waals surface area contributed by atoms with Crippen LogP contribution in [-0.4, -0.2) is 47.8 Å². The van der Waals surface area contributed by atoms with Crippen molar-refractivity contribution in [2.45, 2.75) is 13.8 Å². The Morgan fingerprint density at radius 3 is 2.82 bits per heavy atom. The van der Waals surface area contributed by atoms with Crippen LogP contribution in [0.4, 0.5) is 17.2 Å². The minimum atomic E-state index is -0.0752. The Bertz CT molecular complexity index is 1020. The Labute approximate surface area is 163 Å². The lowest BCUT2D eigenvalue weighted by Gasteiger charge is -2.21. The van der Waals surface area contributed by atoms with Gasteiger partial charge in [0, 0.05) is 57.1 Å². The van der Waals surface area contributed by atoms with Crippen LogP contribution in [-0.2, 0) is 0 Å². The quantitative estimate of drug-likeness (QED) is 0.747. The van der Waals surface area contributed by atoms with E-state index in [1.54, 1.807) is 18.0 Å². The van der Waals surface area contributed by atoms with Gasteiger partial charge in [-0.25, -0.2) is 4.98 Å². The van der Waals surface area contributed by atoms with Crippen LogP contribution in [0.2, 0.25) is 0 Å². The van der Waals surface area contributed by atoms with Crippen molar-refractivity contribution in [3.05, 3.63) is 48.0 Å². The first-order chi connectivity index (χ1) is 13.6. The smallest absolute Gasteiger partial charge is 0.262 e. The molecule has 0 aliphatic carbocycles. The fourth-order valence-corrected chi connectivity index (χ4v) is 3.29. The lowest BCUT2D eigenvalue weighted by Crippen LogP contribution is -2.33. The van der Waals surface area contributed by atoms with Crippen LogP contribution >= 0.6 is 0 Å². The third-order valence-corrected chi connectivity index (χ3v) is 4.72. The Balaban J connectivity index is 1.70. The molecule has 8 heteroatoms. The van der Waals surface area contributed by atoms with E-state index in [2.05, 4.69) is 25.4 Å². The van der Waals surface area contributed by atoms with Crippen molar-refractivity contribution < 1.29 is 9.21 Å². The first-order valence-corrected chi connectivity index (χ1v) is 9.24. The molecule has 0 saturated heterocycles. The maximum Gasteiger partial charge on any atom is 0.262 e. The van der Waals surface area contributed by atoms with Gasteiger partial charge in [0.15, 0.2) is 0 Å². The summed E-state index contributed by atoms with van der Waals surface area (Å²) in [6.07, 6.45) is 1.65. The molecule has 1 amide bonds. The number of rotatable bonds is 4. The van der Waals surface area contributed by atoms with Crippen molar-refractivity contribution in [1.29, 1.82) is 0 Å². The molecule has 0 fully saturated rings. The molecule has 1 aromatic carbocycles. The van der Waals surface area contributed by atoms with Crippen LogP contribution in [0.25, 0.3) is 11.5 Å². The van der Waals surface area contributed by atoms with Crippen LogP contribution in [0.15, 0.2) is 40.9 Å². The number of hydrogen-bond acceptors (Lipinski definition) is 7. The van der Waals surface area contributed by atoms with Gasteiger partial charge in [-0.2, -0.15) is 0 Å². The van der Waals surface area contributed by atoms with Gasteiger partial charge >= 0.3 is 0 Å². The van der Waals surface area contributed by atoms with E-state index in [0.29, 0.717) is 30.4 Å². The molecule has 0 unspecified atom stereocenters. The van der Waals surface area contributed by atoms with Crippen molar-refractivity contribution in [2.75, 3.05) is 41.8 Å². The summed E-state index contributed by atoms with van der Waals surface area (Å²) in [5.41, 5.74) is 3.03. The van der Waals surface area contributed by atoms with Crippen molar-refractivity contribution in [2.24, 2.45) is 0 Å². The summed E-state index contributed by atoms with van der Waals surface area (Å²) in [5.74, 6) is 1.64. The molecule has 28 heavy (non-hydrogen) atoms. The molecule has 1 aliphatic rings. The minimum absolute atomic E-state index is 0.0752.